The maximum absolute atomic E-state index is 11.6. The predicted molar refractivity (Wildman–Crippen MR) is 68.0 cm³/mol. The molecule has 98 valence electrons. The van der Waals surface area contributed by atoms with Crippen molar-refractivity contribution < 1.29 is 19.1 Å². The van der Waals surface area contributed by atoms with Gasteiger partial charge >= 0.3 is 12.0 Å². The van der Waals surface area contributed by atoms with Crippen LogP contribution in [0.25, 0.3) is 0 Å². The number of carboxylic acid groups (broad SMARTS) is 1. The van der Waals surface area contributed by atoms with E-state index < -0.39 is 12.0 Å². The lowest BCUT2D eigenvalue weighted by Crippen LogP contribution is -2.28. The van der Waals surface area contributed by atoms with Crippen molar-refractivity contribution in [1.29, 1.82) is 0 Å². The number of benzene rings is 1. The molecule has 2 rings (SSSR count). The van der Waals surface area contributed by atoms with Crippen molar-refractivity contribution in [3.8, 4) is 0 Å². The second kappa shape index (κ2) is 5.72. The molecule has 0 atom stereocenters. The Kier molecular flexibility index (Phi) is 3.82. The first-order valence-corrected chi connectivity index (χ1v) is 5.55. The normalized spacial score (nSPS) is 9.89. The molecule has 0 spiro atoms. The average molecular weight is 260 g/mol. The number of aromatic carboxylic acids is 1. The number of urea groups is 1. The lowest BCUT2D eigenvalue weighted by atomic mass is 10.2. The van der Waals surface area contributed by atoms with Gasteiger partial charge < -0.3 is 20.2 Å². The second-order valence-corrected chi connectivity index (χ2v) is 3.79. The molecule has 6 nitrogen and oxygen atoms in total. The van der Waals surface area contributed by atoms with Crippen LogP contribution >= 0.6 is 0 Å². The summed E-state index contributed by atoms with van der Waals surface area (Å²) in [6.45, 7) is 0.303. The summed E-state index contributed by atoms with van der Waals surface area (Å²) in [5.74, 6) is -1.09. The first-order chi connectivity index (χ1) is 9.16. The minimum atomic E-state index is -1.09. The summed E-state index contributed by atoms with van der Waals surface area (Å²) in [6.07, 6.45) is 3.03. The summed E-state index contributed by atoms with van der Waals surface area (Å²) >= 11 is 0. The van der Waals surface area contributed by atoms with E-state index in [4.69, 9.17) is 9.52 Å². The molecule has 0 bridgehead atoms. The first kappa shape index (κ1) is 12.7. The number of hydrogen-bond acceptors (Lipinski definition) is 3. The molecule has 3 N–H and O–H groups in total. The van der Waals surface area contributed by atoms with E-state index in [-0.39, 0.29) is 11.3 Å². The predicted octanol–water partition coefficient (Wildman–Crippen LogP) is 2.30. The largest absolute Gasteiger partial charge is 0.478 e. The fourth-order valence-corrected chi connectivity index (χ4v) is 1.52. The molecule has 0 saturated heterocycles. The summed E-state index contributed by atoms with van der Waals surface area (Å²) in [4.78, 5) is 22.6. The average Bonchev–Trinajstić information content (AvgIpc) is 2.90. The number of carboxylic acids is 1. The number of hydrogen-bond donors (Lipinski definition) is 3. The molecular weight excluding hydrogens is 248 g/mol. The SMILES string of the molecule is O=C(NCc1ccoc1)Nc1ccccc1C(=O)O. The molecule has 0 radical (unpaired) electrons. The molecule has 0 unspecified atom stereocenters. The first-order valence-electron chi connectivity index (χ1n) is 5.55. The van der Waals surface area contributed by atoms with Gasteiger partial charge in [0.15, 0.2) is 0 Å². The van der Waals surface area contributed by atoms with E-state index in [2.05, 4.69) is 10.6 Å². The van der Waals surface area contributed by atoms with E-state index in [1.165, 1.54) is 24.7 Å². The minimum Gasteiger partial charge on any atom is -0.478 e. The molecule has 0 fully saturated rings. The van der Waals surface area contributed by atoms with Gasteiger partial charge in [-0.2, -0.15) is 0 Å². The molecule has 19 heavy (non-hydrogen) atoms. The quantitative estimate of drug-likeness (QED) is 0.786. The Morgan fingerprint density at radius 3 is 2.68 bits per heavy atom. The summed E-state index contributed by atoms with van der Waals surface area (Å²) in [5, 5.41) is 14.1. The lowest BCUT2D eigenvalue weighted by molar-refractivity contribution is 0.0698. The maximum atomic E-state index is 11.6. The van der Waals surface area contributed by atoms with Gasteiger partial charge in [-0.1, -0.05) is 12.1 Å². The van der Waals surface area contributed by atoms with E-state index in [1.54, 1.807) is 18.2 Å². The summed E-state index contributed by atoms with van der Waals surface area (Å²) in [7, 11) is 0. The Hall–Kier alpha value is -2.76. The van der Waals surface area contributed by atoms with Crippen molar-refractivity contribution in [3.63, 3.8) is 0 Å². The topological polar surface area (TPSA) is 91.6 Å². The molecule has 1 aromatic carbocycles. The van der Waals surface area contributed by atoms with Gasteiger partial charge in [-0.25, -0.2) is 9.59 Å². The van der Waals surface area contributed by atoms with Gasteiger partial charge in [0.2, 0.25) is 0 Å². The molecular formula is C13H12N2O4. The van der Waals surface area contributed by atoms with Crippen molar-refractivity contribution in [1.82, 2.24) is 5.32 Å². The molecule has 2 aromatic rings. The Morgan fingerprint density at radius 1 is 1.21 bits per heavy atom. The lowest BCUT2D eigenvalue weighted by Gasteiger charge is -2.09. The van der Waals surface area contributed by atoms with Crippen LogP contribution in [0.3, 0.4) is 0 Å². The monoisotopic (exact) mass is 260 g/mol. The van der Waals surface area contributed by atoms with Crippen LogP contribution in [-0.4, -0.2) is 17.1 Å². The van der Waals surface area contributed by atoms with Gasteiger partial charge in [-0.3, -0.25) is 0 Å². The summed E-state index contributed by atoms with van der Waals surface area (Å²) in [5.41, 5.74) is 1.11. The van der Waals surface area contributed by atoms with Crippen molar-refractivity contribution in [3.05, 3.63) is 54.0 Å². The number of anilines is 1. The van der Waals surface area contributed by atoms with Gasteiger partial charge in [0.25, 0.3) is 0 Å². The minimum absolute atomic E-state index is 0.0426. The maximum Gasteiger partial charge on any atom is 0.337 e. The number of rotatable bonds is 4. The fourth-order valence-electron chi connectivity index (χ4n) is 1.52. The molecule has 1 heterocycles. The van der Waals surface area contributed by atoms with Crippen LogP contribution in [0.15, 0.2) is 47.3 Å². The Balaban J connectivity index is 1.97. The number of furan rings is 1. The zero-order valence-electron chi connectivity index (χ0n) is 9.92. The van der Waals surface area contributed by atoms with Crippen LogP contribution in [0.1, 0.15) is 15.9 Å². The highest BCUT2D eigenvalue weighted by Crippen LogP contribution is 2.14. The van der Waals surface area contributed by atoms with Gasteiger partial charge in [-0.15, -0.1) is 0 Å². The van der Waals surface area contributed by atoms with Gasteiger partial charge in [0.05, 0.1) is 23.8 Å². The van der Waals surface area contributed by atoms with Crippen LogP contribution in [0, 0.1) is 0 Å². The van der Waals surface area contributed by atoms with Crippen LogP contribution < -0.4 is 10.6 Å². The van der Waals surface area contributed by atoms with E-state index in [0.29, 0.717) is 6.54 Å². The number of amides is 2. The molecule has 0 aliphatic rings. The highest BCUT2D eigenvalue weighted by Gasteiger charge is 2.11. The van der Waals surface area contributed by atoms with Crippen molar-refractivity contribution in [2.24, 2.45) is 0 Å². The number of nitrogens with one attached hydrogen (secondary N) is 2. The zero-order valence-corrected chi connectivity index (χ0v) is 9.92. The Labute approximate surface area is 109 Å². The standard InChI is InChI=1S/C13H12N2O4/c16-12(17)10-3-1-2-4-11(10)15-13(18)14-7-9-5-6-19-8-9/h1-6,8H,7H2,(H,16,17)(H2,14,15,18). The second-order valence-electron chi connectivity index (χ2n) is 3.79. The molecule has 0 aliphatic heterocycles. The third kappa shape index (κ3) is 3.35. The van der Waals surface area contributed by atoms with Crippen LogP contribution in [0.2, 0.25) is 0 Å². The number of carbonyl (C=O) groups is 2. The number of carbonyl (C=O) groups excluding carboxylic acids is 1. The molecule has 1 aromatic heterocycles. The van der Waals surface area contributed by atoms with Gasteiger partial charge in [-0.05, 0) is 18.2 Å². The highest BCUT2D eigenvalue weighted by atomic mass is 16.4. The van der Waals surface area contributed by atoms with E-state index >= 15 is 0 Å². The van der Waals surface area contributed by atoms with Gasteiger partial charge in [0, 0.05) is 12.1 Å². The third-order valence-corrected chi connectivity index (χ3v) is 2.44. The summed E-state index contributed by atoms with van der Waals surface area (Å²) in [6, 6.07) is 7.45. The van der Waals surface area contributed by atoms with Crippen LogP contribution in [-0.2, 0) is 6.54 Å². The molecule has 0 aliphatic carbocycles. The fraction of sp³-hybridized carbons (Fsp3) is 0.0769. The number of para-hydroxylation sites is 1. The Morgan fingerprint density at radius 2 is 2.00 bits per heavy atom. The van der Waals surface area contributed by atoms with E-state index in [1.807, 2.05) is 0 Å². The molecule has 2 amide bonds. The molecule has 6 heteroatoms. The van der Waals surface area contributed by atoms with E-state index in [9.17, 15) is 9.59 Å². The van der Waals surface area contributed by atoms with Crippen LogP contribution in [0.5, 0.6) is 0 Å². The van der Waals surface area contributed by atoms with Crippen molar-refractivity contribution in [2.75, 3.05) is 5.32 Å². The third-order valence-electron chi connectivity index (χ3n) is 2.44. The summed E-state index contributed by atoms with van der Waals surface area (Å²) < 4.78 is 4.87. The smallest absolute Gasteiger partial charge is 0.337 e. The van der Waals surface area contributed by atoms with Crippen molar-refractivity contribution >= 4 is 17.7 Å². The Bertz CT molecular complexity index is 578. The zero-order chi connectivity index (χ0) is 13.7. The van der Waals surface area contributed by atoms with E-state index in [0.717, 1.165) is 5.56 Å². The van der Waals surface area contributed by atoms with Gasteiger partial charge in [0.1, 0.15) is 0 Å². The highest BCUT2D eigenvalue weighted by molar-refractivity contribution is 5.99. The van der Waals surface area contributed by atoms with Crippen molar-refractivity contribution in [2.45, 2.75) is 6.54 Å². The van der Waals surface area contributed by atoms with Crippen LogP contribution in [0.4, 0.5) is 10.5 Å². The molecule has 0 saturated carbocycles.